The lowest BCUT2D eigenvalue weighted by atomic mass is 9.98. The normalized spacial score (nSPS) is 27.8. The van der Waals surface area contributed by atoms with Crippen molar-refractivity contribution in [3.05, 3.63) is 30.1 Å². The predicted molar refractivity (Wildman–Crippen MR) is 46.9 cm³/mol. The number of hydrogen-bond donors (Lipinski definition) is 0. The Hall–Kier alpha value is -0.785. The van der Waals surface area contributed by atoms with Crippen molar-refractivity contribution in [3.8, 4) is 0 Å². The molecule has 1 aromatic heterocycles. The zero-order valence-corrected chi connectivity index (χ0v) is 7.12. The Balaban J connectivity index is 2.31. The van der Waals surface area contributed by atoms with Gasteiger partial charge in [-0.05, 0) is 0 Å². The van der Waals surface area contributed by atoms with E-state index in [0.717, 1.165) is 11.6 Å². The molecule has 0 aromatic carbocycles. The molecule has 11 heavy (non-hydrogen) atoms. The van der Waals surface area contributed by atoms with Gasteiger partial charge in [-0.1, -0.05) is 18.8 Å². The predicted octanol–water partition coefficient (Wildman–Crippen LogP) is 0.811. The molecule has 1 fully saturated rings. The zero-order chi connectivity index (χ0) is 7.84. The summed E-state index contributed by atoms with van der Waals surface area (Å²) in [6.07, 6.45) is 2.13. The quantitative estimate of drug-likeness (QED) is 0.407. The molecule has 2 atom stereocenters. The molecule has 1 aliphatic heterocycles. The highest BCUT2D eigenvalue weighted by molar-refractivity contribution is 6.53. The van der Waals surface area contributed by atoms with Crippen molar-refractivity contribution >= 4 is 7.28 Å². The number of rotatable bonds is 1. The molecule has 0 aliphatic carbocycles. The van der Waals surface area contributed by atoms with Crippen molar-refractivity contribution in [2.45, 2.75) is 18.6 Å². The van der Waals surface area contributed by atoms with Gasteiger partial charge in [0, 0.05) is 17.9 Å². The fraction of sp³-hybridized carbons (Fsp3) is 0.444. The molecule has 0 spiro atoms. The maximum atomic E-state index is 2.32. The van der Waals surface area contributed by atoms with E-state index >= 15 is 0 Å². The van der Waals surface area contributed by atoms with Crippen molar-refractivity contribution in [1.29, 1.82) is 0 Å². The number of nitrogens with zero attached hydrogens (tertiary/aromatic N) is 1. The number of aryl methyl sites for hydroxylation is 1. The van der Waals surface area contributed by atoms with E-state index in [-0.39, 0.29) is 0 Å². The summed E-state index contributed by atoms with van der Waals surface area (Å²) < 4.78 is 2.23. The van der Waals surface area contributed by atoms with Crippen molar-refractivity contribution in [3.63, 3.8) is 0 Å². The van der Waals surface area contributed by atoms with Crippen LogP contribution in [0.4, 0.5) is 0 Å². The lowest BCUT2D eigenvalue weighted by molar-refractivity contribution is -0.679. The van der Waals surface area contributed by atoms with Gasteiger partial charge in [-0.25, -0.2) is 4.57 Å². The highest BCUT2D eigenvalue weighted by Crippen LogP contribution is 2.41. The van der Waals surface area contributed by atoms with Gasteiger partial charge >= 0.3 is 0 Å². The van der Waals surface area contributed by atoms with Gasteiger partial charge in [0.25, 0.3) is 0 Å². The number of hydrogen-bond acceptors (Lipinski definition) is 0. The first kappa shape index (κ1) is 6.90. The van der Waals surface area contributed by atoms with Gasteiger partial charge in [0.15, 0.2) is 11.9 Å². The van der Waals surface area contributed by atoms with Crippen LogP contribution in [0.25, 0.3) is 0 Å². The first-order valence-corrected chi connectivity index (χ1v) is 4.23. The molecule has 0 amide bonds. The summed E-state index contributed by atoms with van der Waals surface area (Å²) in [6.45, 7) is 2.32. The first-order chi connectivity index (χ1) is 5.29. The minimum absolute atomic E-state index is 0.834. The Kier molecular flexibility index (Phi) is 1.48. The van der Waals surface area contributed by atoms with Gasteiger partial charge in [0.05, 0.1) is 0 Å². The van der Waals surface area contributed by atoms with E-state index in [1.165, 1.54) is 13.0 Å². The molecular formula is C9H13BN+. The smallest absolute Gasteiger partial charge is 0.176 e. The highest BCUT2D eigenvalue weighted by Gasteiger charge is 2.40. The Morgan fingerprint density at radius 2 is 2.18 bits per heavy atom. The summed E-state index contributed by atoms with van der Waals surface area (Å²) in [4.78, 5) is 0. The van der Waals surface area contributed by atoms with Crippen LogP contribution in [0.3, 0.4) is 0 Å². The summed E-state index contributed by atoms with van der Waals surface area (Å²) in [6, 6.07) is 6.44. The summed E-state index contributed by atoms with van der Waals surface area (Å²) in [5.74, 6) is 1.74. The van der Waals surface area contributed by atoms with Crippen LogP contribution < -0.4 is 4.57 Å². The van der Waals surface area contributed by atoms with Gasteiger partial charge in [0.1, 0.15) is 14.3 Å². The highest BCUT2D eigenvalue weighted by atomic mass is 14.9. The Morgan fingerprint density at radius 3 is 2.73 bits per heavy atom. The third-order valence-corrected chi connectivity index (χ3v) is 2.58. The molecule has 0 N–H and O–H groups in total. The molecule has 2 heteroatoms. The molecule has 56 valence electrons. The molecule has 1 aromatic rings. The third-order valence-electron chi connectivity index (χ3n) is 2.58. The van der Waals surface area contributed by atoms with E-state index in [1.807, 2.05) is 0 Å². The van der Waals surface area contributed by atoms with Crippen molar-refractivity contribution < 1.29 is 4.57 Å². The number of aromatic nitrogens is 1. The van der Waals surface area contributed by atoms with Crippen molar-refractivity contribution in [1.82, 2.24) is 0 Å². The van der Waals surface area contributed by atoms with Crippen LogP contribution >= 0.6 is 0 Å². The molecule has 1 nitrogen and oxygen atoms in total. The van der Waals surface area contributed by atoms with Crippen molar-refractivity contribution in [2.75, 3.05) is 0 Å². The number of pyridine rings is 1. The van der Waals surface area contributed by atoms with Crippen LogP contribution in [-0.2, 0) is 7.05 Å². The monoisotopic (exact) mass is 146 g/mol. The van der Waals surface area contributed by atoms with E-state index in [2.05, 4.69) is 42.9 Å². The van der Waals surface area contributed by atoms with Crippen LogP contribution in [0.2, 0.25) is 5.82 Å². The largest absolute Gasteiger partial charge is 0.206 e. The molecule has 0 bridgehead atoms. The molecule has 0 saturated carbocycles. The lowest BCUT2D eigenvalue weighted by Crippen LogP contribution is -2.32. The Morgan fingerprint density at radius 1 is 1.45 bits per heavy atom. The van der Waals surface area contributed by atoms with Crippen molar-refractivity contribution in [2.24, 2.45) is 7.05 Å². The van der Waals surface area contributed by atoms with Gasteiger partial charge in [-0.3, -0.25) is 0 Å². The molecule has 1 unspecified atom stereocenters. The average Bonchev–Trinajstić information content (AvgIpc) is 2.68. The molecule has 1 saturated heterocycles. The summed E-state index contributed by atoms with van der Waals surface area (Å²) >= 11 is 0. The SMILES string of the molecule is C[C@@H]1BC1c1cccc[n+]1C. The summed E-state index contributed by atoms with van der Waals surface area (Å²) in [7, 11) is 3.50. The average molecular weight is 146 g/mol. The fourth-order valence-corrected chi connectivity index (χ4v) is 1.66. The van der Waals surface area contributed by atoms with E-state index in [9.17, 15) is 0 Å². The molecule has 1 aliphatic rings. The Bertz CT molecular complexity index is 272. The van der Waals surface area contributed by atoms with E-state index in [0.29, 0.717) is 0 Å². The molecule has 2 heterocycles. The van der Waals surface area contributed by atoms with E-state index in [4.69, 9.17) is 0 Å². The molecule has 2 rings (SSSR count). The van der Waals surface area contributed by atoms with E-state index < -0.39 is 0 Å². The van der Waals surface area contributed by atoms with Crippen LogP contribution in [-0.4, -0.2) is 7.28 Å². The minimum atomic E-state index is 0.834. The second-order valence-corrected chi connectivity index (χ2v) is 3.56. The van der Waals surface area contributed by atoms with Gasteiger partial charge in [0.2, 0.25) is 0 Å². The maximum absolute atomic E-state index is 2.32. The maximum Gasteiger partial charge on any atom is 0.176 e. The van der Waals surface area contributed by atoms with Crippen LogP contribution in [0.5, 0.6) is 0 Å². The summed E-state index contributed by atoms with van der Waals surface area (Å²) in [5, 5.41) is 0. The molecular weight excluding hydrogens is 133 g/mol. The second kappa shape index (κ2) is 2.37. The van der Waals surface area contributed by atoms with Gasteiger partial charge in [-0.2, -0.15) is 0 Å². The van der Waals surface area contributed by atoms with Crippen LogP contribution in [0.15, 0.2) is 24.4 Å². The zero-order valence-electron chi connectivity index (χ0n) is 7.12. The molecule has 0 radical (unpaired) electrons. The van der Waals surface area contributed by atoms with Crippen LogP contribution in [0.1, 0.15) is 18.4 Å². The van der Waals surface area contributed by atoms with E-state index in [1.54, 1.807) is 0 Å². The van der Waals surface area contributed by atoms with Gasteiger partial charge < -0.3 is 0 Å². The summed E-state index contributed by atoms with van der Waals surface area (Å²) in [5.41, 5.74) is 1.49. The van der Waals surface area contributed by atoms with Crippen LogP contribution in [0, 0.1) is 0 Å². The fourth-order valence-electron chi connectivity index (χ4n) is 1.66. The topological polar surface area (TPSA) is 3.88 Å². The standard InChI is InChI=1S/C9H13BN/c1-7-9(10-7)8-5-3-4-6-11(8)2/h3-7,9-10H,1-2H3/q+1/t7-,9?/m0/s1. The minimum Gasteiger partial charge on any atom is -0.206 e. The van der Waals surface area contributed by atoms with Gasteiger partial charge in [-0.15, -0.1) is 0 Å². The second-order valence-electron chi connectivity index (χ2n) is 3.56. The first-order valence-electron chi connectivity index (χ1n) is 4.23. The third kappa shape index (κ3) is 1.17. The Labute approximate surface area is 68.3 Å². The lowest BCUT2D eigenvalue weighted by Gasteiger charge is -1.95.